The minimum Gasteiger partial charge on any atom is -0.497 e. The van der Waals surface area contributed by atoms with E-state index in [4.69, 9.17) is 24.7 Å². The molecule has 6 rings (SSSR count). The lowest BCUT2D eigenvalue weighted by Gasteiger charge is -2.24. The number of benzene rings is 1. The first kappa shape index (κ1) is 39.2. The first-order chi connectivity index (χ1) is 24.2. The van der Waals surface area contributed by atoms with E-state index in [9.17, 15) is 58.3 Å². The van der Waals surface area contributed by atoms with Gasteiger partial charge in [-0.15, -0.1) is 0 Å². The van der Waals surface area contributed by atoms with Gasteiger partial charge in [0, 0.05) is 0 Å². The van der Waals surface area contributed by atoms with Crippen molar-refractivity contribution in [3.63, 3.8) is 0 Å². The Morgan fingerprint density at radius 3 is 2.10 bits per heavy atom. The first-order valence-electron chi connectivity index (χ1n) is 14.2. The highest BCUT2D eigenvalue weighted by molar-refractivity contribution is 7.69. The number of aliphatic hydroxyl groups is 4. The van der Waals surface area contributed by atoms with Crippen molar-refractivity contribution in [1.82, 2.24) is 19.5 Å². The minimum absolute atomic E-state index is 0.00696. The Morgan fingerprint density at radius 1 is 0.865 bits per heavy atom. The summed E-state index contributed by atoms with van der Waals surface area (Å²) in [5.74, 6) is 0.638. The molecule has 26 nitrogen and oxygen atoms in total. The van der Waals surface area contributed by atoms with Crippen LogP contribution in [0.4, 0.5) is 5.82 Å². The molecular formula is C22H29N5O21P4. The molecule has 288 valence electrons. The number of methoxy groups -OCH3 is 1. The molecule has 5 unspecified atom stereocenters. The molecule has 0 bridgehead atoms. The Kier molecular flexibility index (Phi) is 10.5. The minimum atomic E-state index is -6.22. The second kappa shape index (κ2) is 14.0. The SMILES string of the molecule is COc1ccc(O[C@@H]2O[C@H](COP(=O)(O)OP(=O)(O)OP(=O)(O)OP(=O)(O)OC3[C@H]4O[C@@H](n5cnc6c(N)ncnc65)[C@H](O)[C@@]34O)[C@@H](O)[C@H]2O)cc1. The van der Waals surface area contributed by atoms with Gasteiger partial charge in [-0.05, 0) is 24.3 Å². The highest BCUT2D eigenvalue weighted by atomic mass is 31.3. The summed E-state index contributed by atoms with van der Waals surface area (Å²) in [4.78, 5) is 51.4. The summed E-state index contributed by atoms with van der Waals surface area (Å²) in [7, 11) is -22.6. The van der Waals surface area contributed by atoms with Gasteiger partial charge in [0.25, 0.3) is 0 Å². The van der Waals surface area contributed by atoms with Crippen LogP contribution in [0.2, 0.25) is 0 Å². The van der Waals surface area contributed by atoms with E-state index in [0.717, 1.165) is 12.7 Å². The van der Waals surface area contributed by atoms with Crippen molar-refractivity contribution in [3.8, 4) is 11.5 Å². The summed E-state index contributed by atoms with van der Waals surface area (Å²) in [6.45, 7) is -1.10. The third kappa shape index (κ3) is 7.97. The van der Waals surface area contributed by atoms with E-state index < -0.39 is 92.6 Å². The van der Waals surface area contributed by atoms with Crippen LogP contribution in [-0.4, -0.2) is 122 Å². The van der Waals surface area contributed by atoms with Crippen molar-refractivity contribution in [2.24, 2.45) is 0 Å². The van der Waals surface area contributed by atoms with Crippen LogP contribution < -0.4 is 15.2 Å². The molecule has 13 atom stereocenters. The lowest BCUT2D eigenvalue weighted by atomic mass is 10.1. The topological polar surface area (TPSA) is 383 Å². The molecule has 3 aliphatic rings. The molecular weight excluding hydrogens is 794 g/mol. The van der Waals surface area contributed by atoms with Gasteiger partial charge in [-0.1, -0.05) is 0 Å². The maximum atomic E-state index is 12.5. The zero-order valence-corrected chi connectivity index (χ0v) is 29.4. The predicted molar refractivity (Wildman–Crippen MR) is 162 cm³/mol. The van der Waals surface area contributed by atoms with Crippen LogP contribution in [0.25, 0.3) is 11.2 Å². The fraction of sp³-hybridized carbons (Fsp3) is 0.500. The van der Waals surface area contributed by atoms with Crippen molar-refractivity contribution in [1.29, 1.82) is 0 Å². The number of fused-ring (bicyclic) bond motifs is 2. The number of aliphatic hydroxyl groups excluding tert-OH is 3. The van der Waals surface area contributed by atoms with E-state index in [1.165, 1.54) is 35.9 Å². The molecule has 2 aromatic heterocycles. The van der Waals surface area contributed by atoms with Gasteiger partial charge in [-0.3, -0.25) is 13.6 Å². The van der Waals surface area contributed by atoms with Crippen molar-refractivity contribution in [2.45, 2.75) is 54.7 Å². The van der Waals surface area contributed by atoms with Crippen LogP contribution in [0.3, 0.4) is 0 Å². The van der Waals surface area contributed by atoms with Gasteiger partial charge in [0.2, 0.25) is 6.29 Å². The van der Waals surface area contributed by atoms with Gasteiger partial charge in [0.1, 0.15) is 60.0 Å². The third-order valence-electron chi connectivity index (χ3n) is 7.67. The van der Waals surface area contributed by atoms with Gasteiger partial charge in [-0.25, -0.2) is 33.2 Å². The maximum absolute atomic E-state index is 12.5. The summed E-state index contributed by atoms with van der Waals surface area (Å²) in [6, 6.07) is 5.91. The second-order valence-corrected chi connectivity index (χ2v) is 17.3. The van der Waals surface area contributed by atoms with E-state index in [0.29, 0.717) is 5.75 Å². The Balaban J connectivity index is 0.999. The van der Waals surface area contributed by atoms with Gasteiger partial charge in [0.15, 0.2) is 23.3 Å². The van der Waals surface area contributed by atoms with E-state index >= 15 is 0 Å². The number of phosphoric acid groups is 4. The molecule has 3 fully saturated rings. The molecule has 52 heavy (non-hydrogen) atoms. The van der Waals surface area contributed by atoms with Crippen LogP contribution in [0.1, 0.15) is 6.23 Å². The second-order valence-electron chi connectivity index (χ2n) is 11.1. The zero-order valence-electron chi connectivity index (χ0n) is 25.8. The Labute approximate surface area is 289 Å². The molecule has 0 amide bonds. The number of nitrogens with two attached hydrogens (primary N) is 1. The maximum Gasteiger partial charge on any atom is 0.490 e. The van der Waals surface area contributed by atoms with Crippen LogP contribution in [0.15, 0.2) is 36.9 Å². The number of imidazole rings is 1. The summed E-state index contributed by atoms with van der Waals surface area (Å²) in [6.07, 6.45) is -11.0. The number of aromatic nitrogens is 4. The molecule has 2 aliphatic heterocycles. The Bertz CT molecular complexity index is 2010. The number of ether oxygens (including phenoxy) is 4. The Hall–Kier alpha value is -2.51. The molecule has 3 aromatic rings. The monoisotopic (exact) mass is 823 g/mol. The van der Waals surface area contributed by atoms with Crippen molar-refractivity contribution < 1.29 is 99.2 Å². The number of hydrogen-bond acceptors (Lipinski definition) is 21. The quantitative estimate of drug-likeness (QED) is 0.0813. The summed E-state index contributed by atoms with van der Waals surface area (Å²) >= 11 is 0. The summed E-state index contributed by atoms with van der Waals surface area (Å²) in [5.41, 5.74) is 3.55. The number of nitrogen functional groups attached to an aromatic ring is 1. The highest BCUT2D eigenvalue weighted by Crippen LogP contribution is 2.73. The standard InChI is InChI=1S/C22H29N5O21P4/c1-40-9-2-4-10(5-3-9)42-21-14(29)13(28)11(43-21)6-41-49(32,33)46-51(36,37)48-52(38,39)47-50(34,35)45-17-16-22(17,31)15(30)20(44-16)27-8-26-12-18(23)24-7-25-19(12)27/h2-5,7-8,11,13-17,20-21,28-31H,6H2,1H3,(H,32,33)(H,34,35)(H,36,37)(H,38,39)(H2,23,24,25)/t11-,13-,14-,15+,16-,17?,20-,21-,22+/m1/s1. The molecule has 1 aliphatic carbocycles. The molecule has 30 heteroatoms. The van der Waals surface area contributed by atoms with Crippen LogP contribution in [0.5, 0.6) is 11.5 Å². The van der Waals surface area contributed by atoms with E-state index in [1.807, 2.05) is 0 Å². The van der Waals surface area contributed by atoms with Crippen LogP contribution >= 0.6 is 31.3 Å². The number of nitrogens with zero attached hydrogens (tertiary/aromatic N) is 4. The fourth-order valence-electron chi connectivity index (χ4n) is 5.23. The normalized spacial score (nSPS) is 34.5. The molecule has 1 aromatic carbocycles. The molecule has 10 N–H and O–H groups in total. The third-order valence-corrected chi connectivity index (χ3v) is 13.6. The predicted octanol–water partition coefficient (Wildman–Crippen LogP) is -1.20. The van der Waals surface area contributed by atoms with Gasteiger partial charge in [0.05, 0.1) is 20.0 Å². The van der Waals surface area contributed by atoms with E-state index in [1.54, 1.807) is 0 Å². The lowest BCUT2D eigenvalue weighted by molar-refractivity contribution is -0.115. The number of anilines is 1. The average molecular weight is 823 g/mol. The van der Waals surface area contributed by atoms with Gasteiger partial charge in [-0.2, -0.15) is 12.9 Å². The summed E-state index contributed by atoms with van der Waals surface area (Å²) < 4.78 is 92.6. The fourth-order valence-corrected chi connectivity index (χ4v) is 10.4. The molecule has 0 radical (unpaired) electrons. The zero-order chi connectivity index (χ0) is 38.0. The molecule has 0 spiro atoms. The molecule has 4 heterocycles. The summed E-state index contributed by atoms with van der Waals surface area (Å²) in [5, 5.41) is 42.1. The smallest absolute Gasteiger partial charge is 0.490 e. The van der Waals surface area contributed by atoms with Crippen molar-refractivity contribution in [2.75, 3.05) is 19.5 Å². The number of hydrogen-bond donors (Lipinski definition) is 9. The van der Waals surface area contributed by atoms with Crippen molar-refractivity contribution in [3.05, 3.63) is 36.9 Å². The van der Waals surface area contributed by atoms with E-state index in [2.05, 4.69) is 36.9 Å². The van der Waals surface area contributed by atoms with Crippen LogP contribution in [0, 0.1) is 0 Å². The molecule has 1 saturated carbocycles. The Morgan fingerprint density at radius 2 is 1.48 bits per heavy atom. The average Bonchev–Trinajstić information content (AvgIpc) is 3.33. The lowest BCUT2D eigenvalue weighted by Crippen LogP contribution is -2.37. The van der Waals surface area contributed by atoms with Crippen molar-refractivity contribution >= 4 is 48.3 Å². The largest absolute Gasteiger partial charge is 0.497 e. The highest BCUT2D eigenvalue weighted by Gasteiger charge is 2.79. The van der Waals surface area contributed by atoms with Gasteiger partial charge >= 0.3 is 31.3 Å². The van der Waals surface area contributed by atoms with E-state index in [-0.39, 0.29) is 22.7 Å². The first-order valence-corrected chi connectivity index (χ1v) is 20.2. The van der Waals surface area contributed by atoms with Crippen LogP contribution in [-0.2, 0) is 49.7 Å². The number of phosphoric ester groups is 2. The molecule has 2 saturated heterocycles. The number of rotatable bonds is 15. The van der Waals surface area contributed by atoms with Gasteiger partial charge < -0.3 is 64.7 Å².